The molecule has 0 unspecified atom stereocenters. The molecular weight excluding hydrogens is 208 g/mol. The molecule has 1 aromatic heterocycles. The highest BCUT2D eigenvalue weighted by atomic mass is 14.9. The lowest BCUT2D eigenvalue weighted by Crippen LogP contribution is -2.35. The van der Waals surface area contributed by atoms with Crippen LogP contribution in [0.25, 0.3) is 10.9 Å². The quantitative estimate of drug-likeness (QED) is 0.851. The van der Waals surface area contributed by atoms with E-state index < -0.39 is 0 Å². The van der Waals surface area contributed by atoms with Crippen molar-refractivity contribution in [1.82, 2.24) is 10.3 Å². The number of rotatable bonds is 2. The van der Waals surface area contributed by atoms with Crippen molar-refractivity contribution in [2.75, 3.05) is 6.54 Å². The van der Waals surface area contributed by atoms with E-state index in [4.69, 9.17) is 4.98 Å². The zero-order valence-electron chi connectivity index (χ0n) is 10.0. The average molecular weight is 226 g/mol. The molecule has 0 radical (unpaired) electrons. The Labute approximate surface area is 102 Å². The largest absolute Gasteiger partial charge is 0.314 e. The van der Waals surface area contributed by atoms with Crippen molar-refractivity contribution in [3.05, 3.63) is 42.1 Å². The zero-order valence-corrected chi connectivity index (χ0v) is 10.0. The van der Waals surface area contributed by atoms with Crippen LogP contribution in [0, 0.1) is 0 Å². The summed E-state index contributed by atoms with van der Waals surface area (Å²) in [6.07, 6.45) is 5.02. The Balaban J connectivity index is 1.80. The fourth-order valence-electron chi connectivity index (χ4n) is 2.57. The molecule has 1 saturated heterocycles. The SMILES string of the molecule is c1ccc2nc(C[C@@H]3CCCCN3)ccc2c1. The van der Waals surface area contributed by atoms with Gasteiger partial charge in [0.1, 0.15) is 0 Å². The molecule has 2 nitrogen and oxygen atoms in total. The van der Waals surface area contributed by atoms with Crippen LogP contribution in [0.5, 0.6) is 0 Å². The second kappa shape index (κ2) is 4.84. The van der Waals surface area contributed by atoms with E-state index in [9.17, 15) is 0 Å². The van der Waals surface area contributed by atoms with Gasteiger partial charge in [-0.3, -0.25) is 4.98 Å². The third-order valence-corrected chi connectivity index (χ3v) is 3.52. The summed E-state index contributed by atoms with van der Waals surface area (Å²) >= 11 is 0. The fourth-order valence-corrected chi connectivity index (χ4v) is 2.57. The zero-order chi connectivity index (χ0) is 11.5. The van der Waals surface area contributed by atoms with Crippen LogP contribution in [0.1, 0.15) is 25.0 Å². The molecule has 1 fully saturated rings. The van der Waals surface area contributed by atoms with Crippen LogP contribution in [0.15, 0.2) is 36.4 Å². The molecule has 1 aliphatic rings. The van der Waals surface area contributed by atoms with Crippen molar-refractivity contribution in [2.24, 2.45) is 0 Å². The lowest BCUT2D eigenvalue weighted by atomic mass is 10.00. The number of aromatic nitrogens is 1. The third-order valence-electron chi connectivity index (χ3n) is 3.52. The molecule has 1 N–H and O–H groups in total. The second-order valence-electron chi connectivity index (χ2n) is 4.85. The van der Waals surface area contributed by atoms with Crippen molar-refractivity contribution >= 4 is 10.9 Å². The van der Waals surface area contributed by atoms with Crippen LogP contribution in [0.3, 0.4) is 0 Å². The van der Waals surface area contributed by atoms with Crippen LogP contribution in [0.4, 0.5) is 0 Å². The first-order valence-electron chi connectivity index (χ1n) is 6.50. The van der Waals surface area contributed by atoms with Gasteiger partial charge < -0.3 is 5.32 Å². The van der Waals surface area contributed by atoms with Crippen LogP contribution >= 0.6 is 0 Å². The van der Waals surface area contributed by atoms with E-state index in [1.54, 1.807) is 0 Å². The topological polar surface area (TPSA) is 24.9 Å². The lowest BCUT2D eigenvalue weighted by molar-refractivity contribution is 0.397. The monoisotopic (exact) mass is 226 g/mol. The number of nitrogens with one attached hydrogen (secondary N) is 1. The number of para-hydroxylation sites is 1. The highest BCUT2D eigenvalue weighted by Gasteiger charge is 2.13. The Morgan fingerprint density at radius 1 is 1.12 bits per heavy atom. The molecule has 0 amide bonds. The third kappa shape index (κ3) is 2.47. The van der Waals surface area contributed by atoms with Gasteiger partial charge in [-0.1, -0.05) is 30.7 Å². The fraction of sp³-hybridized carbons (Fsp3) is 0.400. The standard InChI is InChI=1S/C15H18N2/c1-2-7-15-12(5-1)8-9-14(17-15)11-13-6-3-4-10-16-13/h1-2,5,7-9,13,16H,3-4,6,10-11H2/t13-/m0/s1. The lowest BCUT2D eigenvalue weighted by Gasteiger charge is -2.23. The van der Waals surface area contributed by atoms with Crippen molar-refractivity contribution < 1.29 is 0 Å². The minimum absolute atomic E-state index is 0.623. The van der Waals surface area contributed by atoms with E-state index in [1.165, 1.54) is 30.3 Å². The smallest absolute Gasteiger partial charge is 0.0705 e. The molecule has 2 heterocycles. The molecule has 1 aliphatic heterocycles. The number of pyridine rings is 1. The molecule has 2 heteroatoms. The van der Waals surface area contributed by atoms with Crippen LogP contribution in [-0.2, 0) is 6.42 Å². The van der Waals surface area contributed by atoms with Crippen molar-refractivity contribution in [3.8, 4) is 0 Å². The summed E-state index contributed by atoms with van der Waals surface area (Å²) in [5.41, 5.74) is 2.32. The summed E-state index contributed by atoms with van der Waals surface area (Å²) in [6.45, 7) is 1.16. The number of hydrogen-bond acceptors (Lipinski definition) is 2. The van der Waals surface area contributed by atoms with Gasteiger partial charge in [-0.25, -0.2) is 0 Å². The summed E-state index contributed by atoms with van der Waals surface area (Å²) < 4.78 is 0. The van der Waals surface area contributed by atoms with Gasteiger partial charge in [0.25, 0.3) is 0 Å². The normalized spacial score (nSPS) is 20.6. The number of nitrogens with zero attached hydrogens (tertiary/aromatic N) is 1. The molecule has 1 aromatic carbocycles. The molecular formula is C15H18N2. The first-order chi connectivity index (χ1) is 8.42. The van der Waals surface area contributed by atoms with Crippen molar-refractivity contribution in [2.45, 2.75) is 31.7 Å². The van der Waals surface area contributed by atoms with Crippen LogP contribution < -0.4 is 5.32 Å². The first kappa shape index (κ1) is 10.7. The highest BCUT2D eigenvalue weighted by Crippen LogP contribution is 2.15. The van der Waals surface area contributed by atoms with E-state index >= 15 is 0 Å². The predicted octanol–water partition coefficient (Wildman–Crippen LogP) is 2.92. The minimum Gasteiger partial charge on any atom is -0.314 e. The number of fused-ring (bicyclic) bond motifs is 1. The Morgan fingerprint density at radius 2 is 2.06 bits per heavy atom. The molecule has 0 bridgehead atoms. The predicted molar refractivity (Wildman–Crippen MR) is 71.1 cm³/mol. The van der Waals surface area contributed by atoms with Crippen molar-refractivity contribution in [1.29, 1.82) is 0 Å². The maximum absolute atomic E-state index is 4.73. The molecule has 17 heavy (non-hydrogen) atoms. The highest BCUT2D eigenvalue weighted by molar-refractivity contribution is 5.78. The number of benzene rings is 1. The van der Waals surface area contributed by atoms with E-state index in [-0.39, 0.29) is 0 Å². The van der Waals surface area contributed by atoms with E-state index in [2.05, 4.69) is 41.7 Å². The van der Waals surface area contributed by atoms with Gasteiger partial charge in [0.15, 0.2) is 0 Å². The average Bonchev–Trinajstić information content (AvgIpc) is 2.40. The molecule has 2 aromatic rings. The van der Waals surface area contributed by atoms with E-state index in [1.807, 2.05) is 0 Å². The van der Waals surface area contributed by atoms with Crippen LogP contribution in [-0.4, -0.2) is 17.6 Å². The molecule has 1 atom stereocenters. The summed E-state index contributed by atoms with van der Waals surface area (Å²) in [5.74, 6) is 0. The number of piperidine rings is 1. The van der Waals surface area contributed by atoms with E-state index in [0.717, 1.165) is 18.5 Å². The minimum atomic E-state index is 0.623. The van der Waals surface area contributed by atoms with E-state index in [0.29, 0.717) is 6.04 Å². The van der Waals surface area contributed by atoms with Gasteiger partial charge in [0, 0.05) is 23.5 Å². The molecule has 0 aliphatic carbocycles. The summed E-state index contributed by atoms with van der Waals surface area (Å²) in [4.78, 5) is 4.73. The summed E-state index contributed by atoms with van der Waals surface area (Å²) in [7, 11) is 0. The van der Waals surface area contributed by atoms with Gasteiger partial charge in [-0.15, -0.1) is 0 Å². The summed E-state index contributed by atoms with van der Waals surface area (Å²) in [6, 6.07) is 13.3. The maximum atomic E-state index is 4.73. The maximum Gasteiger partial charge on any atom is 0.0705 e. The van der Waals surface area contributed by atoms with Gasteiger partial charge in [0.2, 0.25) is 0 Å². The van der Waals surface area contributed by atoms with Gasteiger partial charge in [0.05, 0.1) is 5.52 Å². The molecule has 0 saturated carbocycles. The molecule has 3 rings (SSSR count). The van der Waals surface area contributed by atoms with Gasteiger partial charge in [-0.2, -0.15) is 0 Å². The van der Waals surface area contributed by atoms with Crippen LogP contribution in [0.2, 0.25) is 0 Å². The van der Waals surface area contributed by atoms with Crippen molar-refractivity contribution in [3.63, 3.8) is 0 Å². The molecule has 0 spiro atoms. The Hall–Kier alpha value is -1.41. The van der Waals surface area contributed by atoms with Gasteiger partial charge >= 0.3 is 0 Å². The second-order valence-corrected chi connectivity index (χ2v) is 4.85. The number of hydrogen-bond donors (Lipinski definition) is 1. The Morgan fingerprint density at radius 3 is 2.94 bits per heavy atom. The first-order valence-corrected chi connectivity index (χ1v) is 6.50. The Kier molecular flexibility index (Phi) is 3.06. The molecule has 88 valence electrons. The Bertz CT molecular complexity index is 501. The summed E-state index contributed by atoms with van der Waals surface area (Å²) in [5, 5.41) is 4.81. The van der Waals surface area contributed by atoms with Gasteiger partial charge in [-0.05, 0) is 31.5 Å².